The van der Waals surface area contributed by atoms with Crippen LogP contribution >= 0.6 is 24.0 Å². The molecule has 102 valence electrons. The zero-order chi connectivity index (χ0) is 13.2. The van der Waals surface area contributed by atoms with Crippen molar-refractivity contribution in [1.29, 1.82) is 0 Å². The number of nitro benzene ring substituents is 1. The van der Waals surface area contributed by atoms with E-state index in [4.69, 9.17) is 17.3 Å². The highest BCUT2D eigenvalue weighted by Crippen LogP contribution is 2.33. The highest BCUT2D eigenvalue weighted by molar-refractivity contribution is 6.30. The van der Waals surface area contributed by atoms with Crippen LogP contribution in [0.25, 0.3) is 0 Å². The number of nitro groups is 1. The molecule has 4 nitrogen and oxygen atoms in total. The van der Waals surface area contributed by atoms with Crippen LogP contribution in [-0.2, 0) is 0 Å². The van der Waals surface area contributed by atoms with Gasteiger partial charge in [0.2, 0.25) is 0 Å². The largest absolute Gasteiger partial charge is 0.390 e. The maximum Gasteiger partial charge on any atom is 0.390 e. The van der Waals surface area contributed by atoms with Crippen molar-refractivity contribution in [2.75, 3.05) is 0 Å². The van der Waals surface area contributed by atoms with Gasteiger partial charge in [-0.25, -0.2) is 0 Å². The number of benzene rings is 1. The van der Waals surface area contributed by atoms with Crippen LogP contribution in [0.4, 0.5) is 18.9 Å². The van der Waals surface area contributed by atoms with E-state index in [1.54, 1.807) is 0 Å². The Morgan fingerprint density at radius 2 is 2.00 bits per heavy atom. The van der Waals surface area contributed by atoms with Gasteiger partial charge in [-0.3, -0.25) is 10.1 Å². The third-order valence-electron chi connectivity index (χ3n) is 2.04. The van der Waals surface area contributed by atoms with Crippen LogP contribution in [-0.4, -0.2) is 11.1 Å². The van der Waals surface area contributed by atoms with Gasteiger partial charge in [-0.05, 0) is 12.1 Å². The summed E-state index contributed by atoms with van der Waals surface area (Å²) in [4.78, 5) is 9.84. The predicted molar refractivity (Wildman–Crippen MR) is 63.0 cm³/mol. The Hall–Kier alpha value is -1.05. The Balaban J connectivity index is 0.00000289. The lowest BCUT2D eigenvalue weighted by atomic mass is 10.0. The Morgan fingerprint density at radius 3 is 2.44 bits per heavy atom. The summed E-state index contributed by atoms with van der Waals surface area (Å²) in [5.41, 5.74) is 4.62. The van der Waals surface area contributed by atoms with Crippen molar-refractivity contribution in [3.8, 4) is 0 Å². The molecule has 2 N–H and O–H groups in total. The van der Waals surface area contributed by atoms with Gasteiger partial charge in [0.15, 0.2) is 0 Å². The summed E-state index contributed by atoms with van der Waals surface area (Å²) >= 11 is 5.58. The molecule has 18 heavy (non-hydrogen) atoms. The van der Waals surface area contributed by atoms with Gasteiger partial charge in [-0.2, -0.15) is 13.2 Å². The molecule has 0 aromatic heterocycles. The van der Waals surface area contributed by atoms with Gasteiger partial charge in [-0.15, -0.1) is 12.4 Å². The third-order valence-corrected chi connectivity index (χ3v) is 2.27. The molecule has 0 bridgehead atoms. The van der Waals surface area contributed by atoms with Crippen LogP contribution in [0.5, 0.6) is 0 Å². The zero-order valence-corrected chi connectivity index (χ0v) is 10.4. The minimum absolute atomic E-state index is 0. The molecule has 1 aromatic carbocycles. The third kappa shape index (κ3) is 4.67. The van der Waals surface area contributed by atoms with Crippen molar-refractivity contribution in [3.63, 3.8) is 0 Å². The first-order chi connectivity index (χ1) is 7.70. The van der Waals surface area contributed by atoms with Crippen molar-refractivity contribution in [2.24, 2.45) is 5.73 Å². The molecule has 0 amide bonds. The second-order valence-corrected chi connectivity index (χ2v) is 3.82. The van der Waals surface area contributed by atoms with Crippen LogP contribution in [0.3, 0.4) is 0 Å². The molecule has 1 aromatic rings. The summed E-state index contributed by atoms with van der Waals surface area (Å²) in [6.07, 6.45) is -5.83. The van der Waals surface area contributed by atoms with E-state index in [9.17, 15) is 23.3 Å². The van der Waals surface area contributed by atoms with Gasteiger partial charge < -0.3 is 5.73 Å². The van der Waals surface area contributed by atoms with E-state index in [-0.39, 0.29) is 23.0 Å². The van der Waals surface area contributed by atoms with E-state index >= 15 is 0 Å². The predicted octanol–water partition coefficient (Wildman–Crippen LogP) is 3.62. The number of halogens is 5. The molecule has 0 unspecified atom stereocenters. The van der Waals surface area contributed by atoms with Crippen molar-refractivity contribution in [1.82, 2.24) is 0 Å². The summed E-state index contributed by atoms with van der Waals surface area (Å²) < 4.78 is 36.4. The standard InChI is InChI=1S/C9H8ClF3N2O2.ClH/c10-5-1-2-8(15(16)17)6(3-5)7(14)4-9(11,12)13;/h1-3,7H,4,14H2;1H/t7-;/m0./s1. The molecule has 0 saturated heterocycles. The fourth-order valence-corrected chi connectivity index (χ4v) is 1.53. The van der Waals surface area contributed by atoms with Crippen molar-refractivity contribution in [3.05, 3.63) is 38.9 Å². The average molecular weight is 305 g/mol. The van der Waals surface area contributed by atoms with E-state index in [0.717, 1.165) is 12.1 Å². The number of hydrogen-bond donors (Lipinski definition) is 1. The van der Waals surface area contributed by atoms with E-state index in [1.165, 1.54) is 6.07 Å². The zero-order valence-electron chi connectivity index (χ0n) is 8.78. The lowest BCUT2D eigenvalue weighted by Gasteiger charge is -2.14. The first-order valence-corrected chi connectivity index (χ1v) is 4.84. The van der Waals surface area contributed by atoms with Crippen molar-refractivity contribution < 1.29 is 18.1 Å². The molecule has 0 fully saturated rings. The van der Waals surface area contributed by atoms with Crippen LogP contribution in [0, 0.1) is 10.1 Å². The van der Waals surface area contributed by atoms with Gasteiger partial charge in [0.25, 0.3) is 5.69 Å². The highest BCUT2D eigenvalue weighted by atomic mass is 35.5. The first-order valence-electron chi connectivity index (χ1n) is 4.47. The maximum absolute atomic E-state index is 12.1. The minimum atomic E-state index is -4.49. The van der Waals surface area contributed by atoms with E-state index in [2.05, 4.69) is 0 Å². The second-order valence-electron chi connectivity index (χ2n) is 3.39. The molecular weight excluding hydrogens is 296 g/mol. The summed E-state index contributed by atoms with van der Waals surface area (Å²) in [6, 6.07) is 1.84. The van der Waals surface area contributed by atoms with E-state index in [0.29, 0.717) is 0 Å². The van der Waals surface area contributed by atoms with Crippen LogP contribution < -0.4 is 5.73 Å². The first kappa shape index (κ1) is 16.9. The van der Waals surface area contributed by atoms with Crippen molar-refractivity contribution in [2.45, 2.75) is 18.6 Å². The lowest BCUT2D eigenvalue weighted by Crippen LogP contribution is -2.21. The number of nitrogens with zero attached hydrogens (tertiary/aromatic N) is 1. The Labute approximate surface area is 111 Å². The molecule has 0 aliphatic heterocycles. The summed E-state index contributed by atoms with van der Waals surface area (Å²) in [5, 5.41) is 10.7. The summed E-state index contributed by atoms with van der Waals surface area (Å²) in [5.74, 6) is 0. The van der Waals surface area contributed by atoms with E-state index < -0.39 is 29.2 Å². The van der Waals surface area contributed by atoms with Crippen LogP contribution in [0.1, 0.15) is 18.0 Å². The smallest absolute Gasteiger partial charge is 0.323 e. The van der Waals surface area contributed by atoms with Gasteiger partial charge >= 0.3 is 6.18 Å². The molecule has 0 saturated carbocycles. The van der Waals surface area contributed by atoms with Gasteiger partial charge in [0.05, 0.1) is 11.3 Å². The van der Waals surface area contributed by atoms with Gasteiger partial charge in [0, 0.05) is 22.7 Å². The molecule has 0 aliphatic rings. The Bertz CT molecular complexity index is 440. The minimum Gasteiger partial charge on any atom is -0.323 e. The fourth-order valence-electron chi connectivity index (χ4n) is 1.35. The topological polar surface area (TPSA) is 69.2 Å². The quantitative estimate of drug-likeness (QED) is 0.685. The SMILES string of the molecule is Cl.N[C@@H](CC(F)(F)F)c1cc(Cl)ccc1[N+](=O)[O-]. The number of rotatable bonds is 3. The number of hydrogen-bond acceptors (Lipinski definition) is 3. The van der Waals surface area contributed by atoms with Crippen molar-refractivity contribution >= 4 is 29.7 Å². The van der Waals surface area contributed by atoms with Crippen LogP contribution in [0.2, 0.25) is 5.02 Å². The Morgan fingerprint density at radius 1 is 1.44 bits per heavy atom. The molecule has 0 radical (unpaired) electrons. The fraction of sp³-hybridized carbons (Fsp3) is 0.333. The molecule has 9 heteroatoms. The molecule has 1 rings (SSSR count). The molecule has 0 spiro atoms. The van der Waals surface area contributed by atoms with Gasteiger partial charge in [0.1, 0.15) is 0 Å². The molecular formula is C9H9Cl2F3N2O2. The van der Waals surface area contributed by atoms with Crippen LogP contribution in [0.15, 0.2) is 18.2 Å². The summed E-state index contributed by atoms with van der Waals surface area (Å²) in [7, 11) is 0. The second kappa shape index (κ2) is 6.21. The molecule has 0 heterocycles. The monoisotopic (exact) mass is 304 g/mol. The molecule has 1 atom stereocenters. The van der Waals surface area contributed by atoms with E-state index in [1.807, 2.05) is 0 Å². The maximum atomic E-state index is 12.1. The highest BCUT2D eigenvalue weighted by Gasteiger charge is 2.33. The Kier molecular flexibility index (Phi) is 5.85. The average Bonchev–Trinajstić information content (AvgIpc) is 2.14. The normalized spacial score (nSPS) is 12.7. The number of nitrogens with two attached hydrogens (primary N) is 1. The number of alkyl halides is 3. The lowest BCUT2D eigenvalue weighted by molar-refractivity contribution is -0.385. The van der Waals surface area contributed by atoms with Gasteiger partial charge in [-0.1, -0.05) is 11.6 Å². The summed E-state index contributed by atoms with van der Waals surface area (Å²) in [6.45, 7) is 0. The molecule has 0 aliphatic carbocycles.